The second-order valence-corrected chi connectivity index (χ2v) is 16.0. The van der Waals surface area contributed by atoms with Gasteiger partial charge in [-0.3, -0.25) is 19.1 Å². The smallest absolute Gasteiger partial charge is 0.416 e. The Morgan fingerprint density at radius 1 is 1.06 bits per heavy atom. The molecule has 0 saturated carbocycles. The Labute approximate surface area is 296 Å². The van der Waals surface area contributed by atoms with Gasteiger partial charge in [-0.15, -0.1) is 0 Å². The molecule has 1 aliphatic heterocycles. The fourth-order valence-corrected chi connectivity index (χ4v) is 7.31. The Morgan fingerprint density at radius 2 is 1.74 bits per heavy atom. The number of alkyl halides is 3. The molecule has 0 radical (unpaired) electrons. The molecule has 2 amide bonds. The number of halogens is 5. The van der Waals surface area contributed by atoms with E-state index in [1.165, 1.54) is 25.1 Å². The molecule has 3 N–H and O–H groups in total. The van der Waals surface area contributed by atoms with Crippen molar-refractivity contribution in [1.82, 2.24) is 25.1 Å². The van der Waals surface area contributed by atoms with Crippen molar-refractivity contribution >= 4 is 55.9 Å². The lowest BCUT2D eigenvalue weighted by Gasteiger charge is -2.33. The summed E-state index contributed by atoms with van der Waals surface area (Å²) < 4.78 is 74.7. The predicted molar refractivity (Wildman–Crippen MR) is 182 cm³/mol. The van der Waals surface area contributed by atoms with Crippen molar-refractivity contribution in [3.05, 3.63) is 71.8 Å². The number of hydrogen-bond acceptors (Lipinski definition) is 8. The molecule has 12 nitrogen and oxygen atoms in total. The molecule has 0 spiro atoms. The summed E-state index contributed by atoms with van der Waals surface area (Å²) in [6, 6.07) is 4.46. The standard InChI is InChI=1S/C32H38Cl2F3N5O7S/c1-5-50(47,48)24-9-8-20(33)13-19(24)16-42-28(44)21-14-23(32(35,36)37)22(25(34)26(21)40-29(42)45)17-41-12-6-7-18(15-41)27(43)38-10-11-39-30(46)49-31(2,3)4/h8-9,13-14,18H,5-7,10-12,15-17H2,1-4H3,(H,38,43)(H,39,46)(H,40,45)/t18-/m1/s1. The number of carbonyl (C=O) groups excluding carboxylic acids is 2. The summed E-state index contributed by atoms with van der Waals surface area (Å²) in [6.45, 7) is 6.32. The van der Waals surface area contributed by atoms with Gasteiger partial charge in [-0.1, -0.05) is 30.1 Å². The summed E-state index contributed by atoms with van der Waals surface area (Å²) in [7, 11) is -3.82. The van der Waals surface area contributed by atoms with E-state index in [-0.39, 0.29) is 64.4 Å². The number of ether oxygens (including phenoxy) is 1. The molecule has 274 valence electrons. The molecule has 2 aromatic carbocycles. The van der Waals surface area contributed by atoms with Crippen LogP contribution in [0.1, 0.15) is 57.2 Å². The van der Waals surface area contributed by atoms with E-state index in [2.05, 4.69) is 15.6 Å². The Bertz CT molecular complexity index is 2010. The van der Waals surface area contributed by atoms with Crippen LogP contribution >= 0.6 is 23.2 Å². The van der Waals surface area contributed by atoms with Gasteiger partial charge in [0.1, 0.15) is 5.60 Å². The Morgan fingerprint density at radius 3 is 2.38 bits per heavy atom. The second-order valence-electron chi connectivity index (χ2n) is 12.9. The molecule has 1 aromatic heterocycles. The van der Waals surface area contributed by atoms with Crippen molar-refractivity contribution in [2.24, 2.45) is 5.92 Å². The fourth-order valence-electron chi connectivity index (χ4n) is 5.69. The number of carbonyl (C=O) groups is 2. The van der Waals surface area contributed by atoms with Gasteiger partial charge in [0.05, 0.1) is 44.6 Å². The third-order valence-electron chi connectivity index (χ3n) is 8.04. The second kappa shape index (κ2) is 15.3. The topological polar surface area (TPSA) is 160 Å². The van der Waals surface area contributed by atoms with E-state index in [9.17, 15) is 40.8 Å². The number of aromatic amines is 1. The van der Waals surface area contributed by atoms with Crippen LogP contribution in [0.5, 0.6) is 0 Å². The van der Waals surface area contributed by atoms with Crippen LogP contribution in [0.4, 0.5) is 18.0 Å². The van der Waals surface area contributed by atoms with Crippen LogP contribution in [0.25, 0.3) is 10.9 Å². The van der Waals surface area contributed by atoms with Crippen LogP contribution in [0, 0.1) is 5.92 Å². The van der Waals surface area contributed by atoms with E-state index in [4.69, 9.17) is 27.9 Å². The number of amides is 2. The van der Waals surface area contributed by atoms with Crippen LogP contribution in [-0.4, -0.2) is 72.4 Å². The lowest BCUT2D eigenvalue weighted by Crippen LogP contribution is -2.45. The third kappa shape index (κ3) is 9.38. The van der Waals surface area contributed by atoms with Crippen LogP contribution < -0.4 is 21.9 Å². The van der Waals surface area contributed by atoms with Crippen LogP contribution in [0.15, 0.2) is 38.8 Å². The van der Waals surface area contributed by atoms with E-state index >= 15 is 0 Å². The molecule has 2 heterocycles. The molecule has 50 heavy (non-hydrogen) atoms. The molecular formula is C32H38Cl2F3N5O7S. The first kappa shape index (κ1) is 39.2. The third-order valence-corrected chi connectivity index (χ3v) is 10.5. The van der Waals surface area contributed by atoms with Crippen LogP contribution in [-0.2, 0) is 38.6 Å². The summed E-state index contributed by atoms with van der Waals surface area (Å²) >= 11 is 12.6. The molecule has 3 aromatic rings. The molecule has 1 aliphatic rings. The minimum absolute atomic E-state index is 0.00746. The molecule has 0 unspecified atom stereocenters. The minimum atomic E-state index is -4.95. The zero-order valence-corrected chi connectivity index (χ0v) is 30.1. The lowest BCUT2D eigenvalue weighted by molar-refractivity contribution is -0.138. The molecule has 18 heteroatoms. The van der Waals surface area contributed by atoms with Gasteiger partial charge in [-0.05, 0) is 75.5 Å². The fraction of sp³-hybridized carbons (Fsp3) is 0.500. The summed E-state index contributed by atoms with van der Waals surface area (Å²) in [6.07, 6.45) is -4.60. The first-order valence-electron chi connectivity index (χ1n) is 15.7. The number of aromatic nitrogens is 2. The van der Waals surface area contributed by atoms with Gasteiger partial charge in [-0.25, -0.2) is 18.0 Å². The van der Waals surface area contributed by atoms with E-state index in [1.54, 1.807) is 25.7 Å². The summed E-state index contributed by atoms with van der Waals surface area (Å²) in [5.41, 5.74) is -4.69. The lowest BCUT2D eigenvalue weighted by atomic mass is 9.95. The summed E-state index contributed by atoms with van der Waals surface area (Å²) in [5, 5.41) is 4.37. The molecule has 0 aliphatic carbocycles. The van der Waals surface area contributed by atoms with E-state index in [0.29, 0.717) is 30.0 Å². The predicted octanol–water partition coefficient (Wildman–Crippen LogP) is 4.71. The molecule has 0 bridgehead atoms. The van der Waals surface area contributed by atoms with Gasteiger partial charge in [0.25, 0.3) is 5.56 Å². The monoisotopic (exact) mass is 763 g/mol. The van der Waals surface area contributed by atoms with Crippen molar-refractivity contribution < 1.29 is 35.9 Å². The molecule has 1 saturated heterocycles. The van der Waals surface area contributed by atoms with Crippen molar-refractivity contribution in [3.8, 4) is 0 Å². The maximum absolute atomic E-state index is 14.5. The van der Waals surface area contributed by atoms with Crippen molar-refractivity contribution in [3.63, 3.8) is 0 Å². The highest BCUT2D eigenvalue weighted by Gasteiger charge is 2.37. The normalized spacial score (nSPS) is 16.0. The van der Waals surface area contributed by atoms with Crippen molar-refractivity contribution in [2.75, 3.05) is 31.9 Å². The molecule has 1 atom stereocenters. The highest BCUT2D eigenvalue weighted by molar-refractivity contribution is 7.91. The molecular weight excluding hydrogens is 726 g/mol. The number of nitrogens with one attached hydrogen (secondary N) is 3. The Balaban J connectivity index is 1.60. The SMILES string of the molecule is CCS(=O)(=O)c1ccc(Cl)cc1Cn1c(=O)[nH]c2c(Cl)c(CN3CCC[C@@H](C(=O)NCCNC(=O)OC(C)(C)C)C3)c(C(F)(F)F)cc2c1=O. The largest absolute Gasteiger partial charge is 0.444 e. The minimum Gasteiger partial charge on any atom is -0.444 e. The number of alkyl carbamates (subject to hydrolysis) is 1. The quantitative estimate of drug-likeness (QED) is 0.251. The number of hydrogen-bond donors (Lipinski definition) is 3. The number of nitrogens with zero attached hydrogens (tertiary/aromatic N) is 2. The number of H-pyrrole nitrogens is 1. The maximum atomic E-state index is 14.5. The van der Waals surface area contributed by atoms with Crippen LogP contribution in [0.3, 0.4) is 0 Å². The number of benzene rings is 2. The number of fused-ring (bicyclic) bond motifs is 1. The number of rotatable bonds is 10. The zero-order valence-electron chi connectivity index (χ0n) is 27.8. The highest BCUT2D eigenvalue weighted by atomic mass is 35.5. The number of piperidine rings is 1. The van der Waals surface area contributed by atoms with Crippen molar-refractivity contribution in [1.29, 1.82) is 0 Å². The summed E-state index contributed by atoms with van der Waals surface area (Å²) in [4.78, 5) is 55.3. The first-order chi connectivity index (χ1) is 23.2. The maximum Gasteiger partial charge on any atom is 0.416 e. The van der Waals surface area contributed by atoms with E-state index in [0.717, 1.165) is 0 Å². The van der Waals surface area contributed by atoms with Gasteiger partial charge in [0.2, 0.25) is 5.91 Å². The summed E-state index contributed by atoms with van der Waals surface area (Å²) in [5.74, 6) is -1.17. The zero-order chi connectivity index (χ0) is 37.2. The molecule has 1 fully saturated rings. The average Bonchev–Trinajstić information content (AvgIpc) is 3.01. The Hall–Kier alpha value is -3.60. The number of sulfone groups is 1. The molecule has 4 rings (SSSR count). The van der Waals surface area contributed by atoms with Gasteiger partial charge in [0, 0.05) is 31.2 Å². The Kier molecular flexibility index (Phi) is 12.0. The van der Waals surface area contributed by atoms with Crippen LogP contribution in [0.2, 0.25) is 10.0 Å². The van der Waals surface area contributed by atoms with Gasteiger partial charge >= 0.3 is 18.0 Å². The van der Waals surface area contributed by atoms with Gasteiger partial charge in [-0.2, -0.15) is 13.2 Å². The van der Waals surface area contributed by atoms with Gasteiger partial charge < -0.3 is 20.4 Å². The highest BCUT2D eigenvalue weighted by Crippen LogP contribution is 2.39. The average molecular weight is 765 g/mol. The van der Waals surface area contributed by atoms with E-state index < -0.39 is 67.4 Å². The van der Waals surface area contributed by atoms with Gasteiger partial charge in [0.15, 0.2) is 9.84 Å². The van der Waals surface area contributed by atoms with Crippen molar-refractivity contribution in [2.45, 2.75) is 70.3 Å². The number of likely N-dealkylation sites (tertiary alicyclic amines) is 1. The first-order valence-corrected chi connectivity index (χ1v) is 18.2. The van der Waals surface area contributed by atoms with E-state index in [1.807, 2.05) is 0 Å².